The molecule has 0 aliphatic carbocycles. The molecule has 0 aliphatic rings. The van der Waals surface area contributed by atoms with E-state index in [0.717, 1.165) is 17.0 Å². The van der Waals surface area contributed by atoms with Gasteiger partial charge in [-0.05, 0) is 36.4 Å². The molecule has 0 bridgehead atoms. The Morgan fingerprint density at radius 2 is 1.75 bits per heavy atom. The van der Waals surface area contributed by atoms with Crippen LogP contribution in [0.15, 0.2) is 84.3 Å². The summed E-state index contributed by atoms with van der Waals surface area (Å²) in [5.41, 5.74) is 2.62. The van der Waals surface area contributed by atoms with E-state index in [1.165, 1.54) is 17.8 Å². The molecule has 0 fully saturated rings. The van der Waals surface area contributed by atoms with E-state index in [2.05, 4.69) is 15.2 Å². The number of hydrogen-bond acceptors (Lipinski definition) is 5. The third-order valence-electron chi connectivity index (χ3n) is 4.72. The molecule has 9 heteroatoms. The van der Waals surface area contributed by atoms with Crippen molar-refractivity contribution in [3.05, 3.63) is 101 Å². The van der Waals surface area contributed by atoms with Crippen molar-refractivity contribution >= 4 is 29.0 Å². The molecule has 6 nitrogen and oxygen atoms in total. The normalized spacial score (nSPS) is 11.2. The van der Waals surface area contributed by atoms with Gasteiger partial charge in [0.15, 0.2) is 22.5 Å². The van der Waals surface area contributed by atoms with Gasteiger partial charge in [0.2, 0.25) is 0 Å². The number of ether oxygens (including phenoxy) is 1. The largest absolute Gasteiger partial charge is 0.483 e. The monoisotopic (exact) mass is 465 g/mol. The van der Waals surface area contributed by atoms with Crippen LogP contribution in [0.2, 0.25) is 5.02 Å². The molecule has 160 valence electrons. The van der Waals surface area contributed by atoms with E-state index in [1.807, 2.05) is 63.8 Å². The lowest BCUT2D eigenvalue weighted by Crippen LogP contribution is -2.07. The first-order chi connectivity index (χ1) is 15.7. The molecule has 3 aromatic heterocycles. The van der Waals surface area contributed by atoms with Crippen molar-refractivity contribution in [2.45, 2.75) is 17.5 Å². The van der Waals surface area contributed by atoms with Crippen LogP contribution in [0.3, 0.4) is 0 Å². The number of fused-ring (bicyclic) bond motifs is 1. The molecular weight excluding hydrogens is 449 g/mol. The highest BCUT2D eigenvalue weighted by Crippen LogP contribution is 2.26. The lowest BCUT2D eigenvalue weighted by molar-refractivity contribution is 0.278. The molecule has 0 N–H and O–H groups in total. The summed E-state index contributed by atoms with van der Waals surface area (Å²) in [7, 11) is 0. The molecule has 0 aliphatic heterocycles. The molecule has 32 heavy (non-hydrogen) atoms. The number of para-hydroxylation sites is 2. The van der Waals surface area contributed by atoms with Crippen molar-refractivity contribution in [3.8, 4) is 11.4 Å². The van der Waals surface area contributed by atoms with Crippen LogP contribution in [0.1, 0.15) is 11.5 Å². The topological polar surface area (TPSA) is 57.2 Å². The Hall–Kier alpha value is -3.36. The van der Waals surface area contributed by atoms with Gasteiger partial charge >= 0.3 is 0 Å². The number of pyridine rings is 1. The highest BCUT2D eigenvalue weighted by Gasteiger charge is 2.16. The van der Waals surface area contributed by atoms with Crippen LogP contribution < -0.4 is 4.74 Å². The zero-order valence-electron chi connectivity index (χ0n) is 16.7. The number of nitrogens with zero attached hydrogens (tertiary/aromatic N) is 5. The van der Waals surface area contributed by atoms with Crippen molar-refractivity contribution in [3.63, 3.8) is 0 Å². The number of rotatable bonds is 7. The van der Waals surface area contributed by atoms with E-state index in [0.29, 0.717) is 21.8 Å². The summed E-state index contributed by atoms with van der Waals surface area (Å²) < 4.78 is 23.4. The summed E-state index contributed by atoms with van der Waals surface area (Å²) in [5.74, 6) is 0.926. The van der Waals surface area contributed by atoms with Crippen molar-refractivity contribution in [2.75, 3.05) is 0 Å². The second kappa shape index (κ2) is 9.02. The predicted molar refractivity (Wildman–Crippen MR) is 122 cm³/mol. The SMILES string of the molecule is Fc1ccccc1OCc1nnc(SCc2cn3cc(Cl)ccc3n2)n1-c1ccccc1. The highest BCUT2D eigenvalue weighted by molar-refractivity contribution is 7.98. The molecule has 0 saturated heterocycles. The second-order valence-corrected chi connectivity index (χ2v) is 8.30. The molecular formula is C23H17ClFN5OS. The Kier molecular flexibility index (Phi) is 5.79. The smallest absolute Gasteiger partial charge is 0.196 e. The van der Waals surface area contributed by atoms with Crippen molar-refractivity contribution in [1.82, 2.24) is 24.1 Å². The summed E-state index contributed by atoms with van der Waals surface area (Å²) in [5, 5.41) is 10.0. The fraction of sp³-hybridized carbons (Fsp3) is 0.0870. The van der Waals surface area contributed by atoms with Crippen LogP contribution >= 0.6 is 23.4 Å². The average Bonchev–Trinajstić information content (AvgIpc) is 3.40. The fourth-order valence-corrected chi connectivity index (χ4v) is 4.28. The minimum absolute atomic E-state index is 0.0796. The Morgan fingerprint density at radius 1 is 0.938 bits per heavy atom. The summed E-state index contributed by atoms with van der Waals surface area (Å²) in [4.78, 5) is 4.62. The van der Waals surface area contributed by atoms with Gasteiger partial charge in [0.05, 0.1) is 10.7 Å². The highest BCUT2D eigenvalue weighted by atomic mass is 35.5. The van der Waals surface area contributed by atoms with Gasteiger partial charge in [-0.3, -0.25) is 4.57 Å². The number of imidazole rings is 1. The molecule has 0 saturated carbocycles. The zero-order valence-corrected chi connectivity index (χ0v) is 18.3. The van der Waals surface area contributed by atoms with Crippen molar-refractivity contribution < 1.29 is 9.13 Å². The van der Waals surface area contributed by atoms with Crippen molar-refractivity contribution in [1.29, 1.82) is 0 Å². The van der Waals surface area contributed by atoms with Crippen LogP contribution in [-0.2, 0) is 12.4 Å². The maximum Gasteiger partial charge on any atom is 0.196 e. The Bertz CT molecular complexity index is 1370. The first-order valence-corrected chi connectivity index (χ1v) is 11.2. The summed E-state index contributed by atoms with van der Waals surface area (Å²) in [6, 6.07) is 19.7. The summed E-state index contributed by atoms with van der Waals surface area (Å²) >= 11 is 7.58. The number of thioether (sulfide) groups is 1. The van der Waals surface area contributed by atoms with Gasteiger partial charge in [-0.15, -0.1) is 10.2 Å². The van der Waals surface area contributed by atoms with Crippen LogP contribution in [-0.4, -0.2) is 24.1 Å². The molecule has 5 aromatic rings. The predicted octanol–water partition coefficient (Wildman–Crippen LogP) is 5.58. The third kappa shape index (κ3) is 4.32. The molecule has 0 spiro atoms. The van der Waals surface area contributed by atoms with E-state index in [4.69, 9.17) is 16.3 Å². The van der Waals surface area contributed by atoms with Crippen LogP contribution in [0.4, 0.5) is 4.39 Å². The minimum Gasteiger partial charge on any atom is -0.483 e. The Morgan fingerprint density at radius 3 is 2.59 bits per heavy atom. The van der Waals surface area contributed by atoms with Gasteiger partial charge in [-0.25, -0.2) is 9.37 Å². The second-order valence-electron chi connectivity index (χ2n) is 6.92. The number of halogens is 2. The number of hydrogen-bond donors (Lipinski definition) is 0. The Balaban J connectivity index is 1.40. The molecule has 2 aromatic carbocycles. The van der Waals surface area contributed by atoms with Gasteiger partial charge in [0, 0.05) is 23.8 Å². The molecule has 0 atom stereocenters. The fourth-order valence-electron chi connectivity index (χ4n) is 3.25. The maximum atomic E-state index is 14.0. The van der Waals surface area contributed by atoms with E-state index >= 15 is 0 Å². The van der Waals surface area contributed by atoms with Crippen molar-refractivity contribution in [2.24, 2.45) is 0 Å². The zero-order chi connectivity index (χ0) is 21.9. The lowest BCUT2D eigenvalue weighted by atomic mass is 10.3. The van der Waals surface area contributed by atoms with Gasteiger partial charge in [-0.1, -0.05) is 53.7 Å². The molecule has 5 rings (SSSR count). The first-order valence-electron chi connectivity index (χ1n) is 9.80. The van der Waals surface area contributed by atoms with E-state index in [-0.39, 0.29) is 12.4 Å². The van der Waals surface area contributed by atoms with Crippen LogP contribution in [0, 0.1) is 5.82 Å². The van der Waals surface area contributed by atoms with Crippen LogP contribution in [0.5, 0.6) is 5.75 Å². The summed E-state index contributed by atoms with van der Waals surface area (Å²) in [6.07, 6.45) is 3.77. The standard InChI is InChI=1S/C23H17ClFN5OS/c24-16-10-11-21-26-17(13-29(21)12-16)15-32-23-28-27-22(30(23)18-6-2-1-3-7-18)14-31-20-9-5-4-8-19(20)25/h1-13H,14-15H2. The van der Waals surface area contributed by atoms with Gasteiger partial charge < -0.3 is 9.14 Å². The maximum absolute atomic E-state index is 14.0. The number of benzene rings is 2. The first kappa shape index (κ1) is 20.5. The van der Waals surface area contributed by atoms with E-state index in [1.54, 1.807) is 18.2 Å². The molecule has 0 unspecified atom stereocenters. The van der Waals surface area contributed by atoms with Gasteiger partial charge in [-0.2, -0.15) is 0 Å². The van der Waals surface area contributed by atoms with E-state index < -0.39 is 5.82 Å². The lowest BCUT2D eigenvalue weighted by Gasteiger charge is -2.11. The number of aromatic nitrogens is 5. The third-order valence-corrected chi connectivity index (χ3v) is 5.91. The van der Waals surface area contributed by atoms with E-state index in [9.17, 15) is 4.39 Å². The molecule has 0 amide bonds. The van der Waals surface area contributed by atoms with Gasteiger partial charge in [0.1, 0.15) is 12.3 Å². The average molecular weight is 466 g/mol. The Labute approximate surface area is 192 Å². The minimum atomic E-state index is -0.417. The van der Waals surface area contributed by atoms with Crippen LogP contribution in [0.25, 0.3) is 11.3 Å². The molecule has 3 heterocycles. The molecule has 0 radical (unpaired) electrons. The quantitative estimate of drug-likeness (QED) is 0.294. The summed E-state index contributed by atoms with van der Waals surface area (Å²) in [6.45, 7) is 0.0796. The van der Waals surface area contributed by atoms with Gasteiger partial charge in [0.25, 0.3) is 0 Å².